The second-order valence-electron chi connectivity index (χ2n) is 4.21. The average molecular weight is 371 g/mol. The quantitative estimate of drug-likeness (QED) is 0.851. The number of carbonyl (C=O) groups is 1. The number of carbonyl (C=O) groups excluding carboxylic acids is 1. The molecular formula is C11H14BrF3N4O2. The van der Waals surface area contributed by atoms with Gasteiger partial charge in [-0.15, -0.1) is 0 Å². The van der Waals surface area contributed by atoms with Crippen molar-refractivity contribution in [3.05, 3.63) is 21.0 Å². The van der Waals surface area contributed by atoms with Crippen molar-refractivity contribution in [2.24, 2.45) is 0 Å². The summed E-state index contributed by atoms with van der Waals surface area (Å²) in [5, 5.41) is 6.10. The number of aromatic nitrogens is 2. The lowest BCUT2D eigenvalue weighted by Gasteiger charge is -2.16. The predicted molar refractivity (Wildman–Crippen MR) is 74.1 cm³/mol. The topological polar surface area (TPSA) is 67.2 Å². The zero-order valence-corrected chi connectivity index (χ0v) is 13.0. The highest BCUT2D eigenvalue weighted by atomic mass is 79.9. The maximum absolute atomic E-state index is 12.3. The van der Waals surface area contributed by atoms with Crippen LogP contribution in [-0.2, 0) is 11.3 Å². The van der Waals surface area contributed by atoms with Gasteiger partial charge in [-0.2, -0.15) is 18.3 Å². The molecule has 1 rings (SSSR count). The zero-order chi connectivity index (χ0) is 16.2. The lowest BCUT2D eigenvalue weighted by atomic mass is 10.4. The van der Waals surface area contributed by atoms with Crippen LogP contribution in [0.25, 0.3) is 0 Å². The van der Waals surface area contributed by atoms with Gasteiger partial charge in [0, 0.05) is 13.6 Å². The van der Waals surface area contributed by atoms with Gasteiger partial charge in [0.2, 0.25) is 5.91 Å². The van der Waals surface area contributed by atoms with E-state index in [9.17, 15) is 22.8 Å². The fraction of sp³-hybridized carbons (Fsp3) is 0.545. The average Bonchev–Trinajstić information content (AvgIpc) is 2.40. The number of alkyl halides is 3. The van der Waals surface area contributed by atoms with Crippen LogP contribution in [0.2, 0.25) is 0 Å². The molecule has 0 aliphatic rings. The Hall–Kier alpha value is -1.58. The number of likely N-dealkylation sites (N-methyl/N-ethyl adjacent to an activating group) is 1. The zero-order valence-electron chi connectivity index (χ0n) is 11.4. The third-order valence-corrected chi connectivity index (χ3v) is 3.41. The van der Waals surface area contributed by atoms with Crippen molar-refractivity contribution in [3.63, 3.8) is 0 Å². The van der Waals surface area contributed by atoms with E-state index in [1.54, 1.807) is 14.0 Å². The molecule has 0 spiro atoms. The first kappa shape index (κ1) is 17.5. The van der Waals surface area contributed by atoms with E-state index in [4.69, 9.17) is 0 Å². The van der Waals surface area contributed by atoms with Crippen molar-refractivity contribution >= 4 is 27.5 Å². The van der Waals surface area contributed by atoms with Gasteiger partial charge < -0.3 is 10.2 Å². The molecule has 0 aliphatic carbocycles. The van der Waals surface area contributed by atoms with E-state index in [0.29, 0.717) is 11.2 Å². The van der Waals surface area contributed by atoms with Crippen molar-refractivity contribution in [2.45, 2.75) is 19.6 Å². The second-order valence-corrected chi connectivity index (χ2v) is 5.00. The van der Waals surface area contributed by atoms with Crippen LogP contribution in [0.15, 0.2) is 15.5 Å². The van der Waals surface area contributed by atoms with Gasteiger partial charge in [0.15, 0.2) is 0 Å². The third kappa shape index (κ3) is 5.03. The van der Waals surface area contributed by atoms with Crippen molar-refractivity contribution in [1.29, 1.82) is 0 Å². The minimum Gasteiger partial charge on any atom is -0.374 e. The largest absolute Gasteiger partial charge is 0.408 e. The summed E-state index contributed by atoms with van der Waals surface area (Å²) in [7, 11) is 1.61. The minimum atomic E-state index is -4.54. The number of hydrogen-bond donors (Lipinski definition) is 1. The molecule has 118 valence electrons. The summed E-state index contributed by atoms with van der Waals surface area (Å²) in [6.45, 7) is 0.760. The van der Waals surface area contributed by atoms with Crippen molar-refractivity contribution in [3.8, 4) is 0 Å². The molecule has 0 fully saturated rings. The summed E-state index contributed by atoms with van der Waals surface area (Å²) < 4.78 is 37.0. The SMILES string of the molecule is CCN(C)C(=O)CNc1cnn(CC(F)(F)F)c(=O)c1Br. The maximum atomic E-state index is 12.3. The number of amides is 1. The lowest BCUT2D eigenvalue weighted by molar-refractivity contribution is -0.143. The molecule has 1 aromatic heterocycles. The molecule has 0 saturated heterocycles. The Morgan fingerprint density at radius 3 is 2.67 bits per heavy atom. The number of rotatable bonds is 5. The van der Waals surface area contributed by atoms with Crippen LogP contribution in [0, 0.1) is 0 Å². The molecule has 1 amide bonds. The molecule has 0 bridgehead atoms. The third-order valence-electron chi connectivity index (χ3n) is 2.64. The van der Waals surface area contributed by atoms with Gasteiger partial charge >= 0.3 is 6.18 Å². The van der Waals surface area contributed by atoms with Gasteiger partial charge in [0.25, 0.3) is 5.56 Å². The van der Waals surface area contributed by atoms with E-state index < -0.39 is 18.3 Å². The predicted octanol–water partition coefficient (Wildman–Crippen LogP) is 1.46. The summed E-state index contributed by atoms with van der Waals surface area (Å²) in [4.78, 5) is 24.8. The Labute approximate surface area is 127 Å². The first-order valence-electron chi connectivity index (χ1n) is 5.96. The Balaban J connectivity index is 2.85. The van der Waals surface area contributed by atoms with Crippen LogP contribution >= 0.6 is 15.9 Å². The molecule has 0 unspecified atom stereocenters. The Morgan fingerprint density at radius 1 is 1.52 bits per heavy atom. The molecule has 0 atom stereocenters. The van der Waals surface area contributed by atoms with E-state index in [1.807, 2.05) is 0 Å². The first-order valence-corrected chi connectivity index (χ1v) is 6.75. The van der Waals surface area contributed by atoms with E-state index in [2.05, 4.69) is 26.3 Å². The highest BCUT2D eigenvalue weighted by Gasteiger charge is 2.29. The maximum Gasteiger partial charge on any atom is 0.408 e. The first-order chi connectivity index (χ1) is 9.65. The van der Waals surface area contributed by atoms with Gasteiger partial charge in [-0.05, 0) is 22.9 Å². The van der Waals surface area contributed by atoms with Crippen LogP contribution in [0.4, 0.5) is 18.9 Å². The molecule has 0 radical (unpaired) electrons. The fourth-order valence-corrected chi connectivity index (χ4v) is 1.80. The molecule has 1 heterocycles. The van der Waals surface area contributed by atoms with Crippen molar-refractivity contribution < 1.29 is 18.0 Å². The molecule has 10 heteroatoms. The van der Waals surface area contributed by atoms with Crippen LogP contribution in [0.3, 0.4) is 0 Å². The van der Waals surface area contributed by atoms with E-state index in [0.717, 1.165) is 6.20 Å². The summed E-state index contributed by atoms with van der Waals surface area (Å²) in [6.07, 6.45) is -3.47. The van der Waals surface area contributed by atoms with Gasteiger partial charge in [-0.1, -0.05) is 0 Å². The van der Waals surface area contributed by atoms with E-state index in [1.165, 1.54) is 4.90 Å². The lowest BCUT2D eigenvalue weighted by Crippen LogP contribution is -2.33. The number of anilines is 1. The molecular weight excluding hydrogens is 357 g/mol. The standard InChI is InChI=1S/C11H14BrF3N4O2/c1-3-18(2)8(20)5-16-7-4-17-19(6-11(13,14)15)10(21)9(7)12/h4,16H,3,5-6H2,1-2H3. The van der Waals surface area contributed by atoms with E-state index in [-0.39, 0.29) is 22.6 Å². The Kier molecular flexibility index (Phi) is 5.76. The number of halogens is 4. The fourth-order valence-electron chi connectivity index (χ4n) is 1.35. The highest BCUT2D eigenvalue weighted by Crippen LogP contribution is 2.19. The Bertz CT molecular complexity index is 574. The highest BCUT2D eigenvalue weighted by molar-refractivity contribution is 9.10. The number of hydrogen-bond acceptors (Lipinski definition) is 4. The normalized spacial score (nSPS) is 11.3. The van der Waals surface area contributed by atoms with Gasteiger partial charge in [-0.3, -0.25) is 9.59 Å². The molecule has 0 saturated carbocycles. The monoisotopic (exact) mass is 370 g/mol. The van der Waals surface area contributed by atoms with Crippen molar-refractivity contribution in [2.75, 3.05) is 25.5 Å². The minimum absolute atomic E-state index is 0.0899. The molecule has 6 nitrogen and oxygen atoms in total. The molecule has 1 aromatic rings. The molecule has 21 heavy (non-hydrogen) atoms. The van der Waals surface area contributed by atoms with Crippen LogP contribution in [0.5, 0.6) is 0 Å². The second kappa shape index (κ2) is 6.92. The molecule has 0 aliphatic heterocycles. The van der Waals surface area contributed by atoms with Gasteiger partial charge in [0.1, 0.15) is 11.0 Å². The van der Waals surface area contributed by atoms with Crippen LogP contribution < -0.4 is 10.9 Å². The van der Waals surface area contributed by atoms with Gasteiger partial charge in [0.05, 0.1) is 18.4 Å². The summed E-state index contributed by atoms with van der Waals surface area (Å²) in [6, 6.07) is 0. The number of nitrogens with one attached hydrogen (secondary N) is 1. The smallest absolute Gasteiger partial charge is 0.374 e. The van der Waals surface area contributed by atoms with E-state index >= 15 is 0 Å². The summed E-state index contributed by atoms with van der Waals surface area (Å²) in [5.41, 5.74) is -0.759. The molecule has 1 N–H and O–H groups in total. The van der Waals surface area contributed by atoms with Crippen LogP contribution in [-0.4, -0.2) is 46.9 Å². The summed E-state index contributed by atoms with van der Waals surface area (Å²) >= 11 is 2.91. The number of nitrogens with zero attached hydrogens (tertiary/aromatic N) is 3. The van der Waals surface area contributed by atoms with Gasteiger partial charge in [-0.25, -0.2) is 4.68 Å². The molecule has 0 aromatic carbocycles. The summed E-state index contributed by atoms with van der Waals surface area (Å²) in [5.74, 6) is -0.219. The van der Waals surface area contributed by atoms with Crippen molar-refractivity contribution in [1.82, 2.24) is 14.7 Å². The van der Waals surface area contributed by atoms with Crippen LogP contribution in [0.1, 0.15) is 6.92 Å². The Morgan fingerprint density at radius 2 is 2.14 bits per heavy atom.